The van der Waals surface area contributed by atoms with Crippen LogP contribution in [0.3, 0.4) is 0 Å². The van der Waals surface area contributed by atoms with Crippen molar-refractivity contribution in [3.05, 3.63) is 51.5 Å². The van der Waals surface area contributed by atoms with Crippen LogP contribution in [0.25, 0.3) is 0 Å². The molecule has 134 valence electrons. The molecule has 2 aliphatic rings. The summed E-state index contributed by atoms with van der Waals surface area (Å²) in [4.78, 5) is 19.6. The largest absolute Gasteiger partial charge is 0.335 e. The van der Waals surface area contributed by atoms with Gasteiger partial charge in [0.2, 0.25) is 5.91 Å². The molecule has 3 heterocycles. The number of fused-ring (bicyclic) bond motifs is 1. The van der Waals surface area contributed by atoms with Gasteiger partial charge in [-0.05, 0) is 30.9 Å². The lowest BCUT2D eigenvalue weighted by atomic mass is 9.87. The van der Waals surface area contributed by atoms with E-state index in [1.165, 1.54) is 11.1 Å². The van der Waals surface area contributed by atoms with Crippen molar-refractivity contribution in [3.63, 3.8) is 0 Å². The zero-order valence-electron chi connectivity index (χ0n) is 14.6. The molecule has 1 N–H and O–H groups in total. The topological polar surface area (TPSA) is 45.2 Å². The average Bonchev–Trinajstić information content (AvgIpc) is 3.24. The standard InChI is InChI=1S/C19H23N3OS.ClH/c1-12-5-3-4-6-16(12)19-17-9-20-8-14(17)10-22(19)18(23)7-15-11-24-13(2)21-15;/h3-6,11,14,17,19-20H,7-10H2,1-2H3;1H/t14-,17-,19-;/m0./s1. The van der Waals surface area contributed by atoms with Crippen molar-refractivity contribution in [2.24, 2.45) is 11.8 Å². The predicted molar refractivity (Wildman–Crippen MR) is 103 cm³/mol. The maximum Gasteiger partial charge on any atom is 0.229 e. The summed E-state index contributed by atoms with van der Waals surface area (Å²) in [7, 11) is 0. The third-order valence-corrected chi connectivity index (χ3v) is 6.21. The first-order chi connectivity index (χ1) is 11.6. The molecule has 1 aromatic carbocycles. The molecule has 25 heavy (non-hydrogen) atoms. The molecular formula is C19H24ClN3OS. The van der Waals surface area contributed by atoms with E-state index in [9.17, 15) is 4.79 Å². The molecule has 6 heteroatoms. The van der Waals surface area contributed by atoms with Crippen molar-refractivity contribution in [3.8, 4) is 0 Å². The van der Waals surface area contributed by atoms with Crippen LogP contribution in [0, 0.1) is 25.7 Å². The summed E-state index contributed by atoms with van der Waals surface area (Å²) in [6.45, 7) is 7.02. The van der Waals surface area contributed by atoms with Gasteiger partial charge in [-0.1, -0.05) is 24.3 Å². The van der Waals surface area contributed by atoms with Crippen LogP contribution >= 0.6 is 23.7 Å². The normalized spacial score (nSPS) is 24.9. The first kappa shape index (κ1) is 18.4. The summed E-state index contributed by atoms with van der Waals surface area (Å²) in [6.07, 6.45) is 0.416. The number of carbonyl (C=O) groups is 1. The van der Waals surface area contributed by atoms with Gasteiger partial charge in [0.15, 0.2) is 0 Å². The number of aryl methyl sites for hydroxylation is 2. The summed E-state index contributed by atoms with van der Waals surface area (Å²) in [5, 5.41) is 6.54. The highest BCUT2D eigenvalue weighted by molar-refractivity contribution is 7.09. The van der Waals surface area contributed by atoms with E-state index in [0.717, 1.165) is 30.3 Å². The van der Waals surface area contributed by atoms with Gasteiger partial charge >= 0.3 is 0 Å². The monoisotopic (exact) mass is 377 g/mol. The van der Waals surface area contributed by atoms with Crippen molar-refractivity contribution in [1.29, 1.82) is 0 Å². The highest BCUT2D eigenvalue weighted by Gasteiger charge is 2.46. The first-order valence-corrected chi connectivity index (χ1v) is 9.48. The van der Waals surface area contributed by atoms with E-state index in [1.54, 1.807) is 11.3 Å². The van der Waals surface area contributed by atoms with Gasteiger partial charge in [0.1, 0.15) is 0 Å². The molecule has 0 aliphatic carbocycles. The Morgan fingerprint density at radius 2 is 2.12 bits per heavy atom. The van der Waals surface area contributed by atoms with Crippen molar-refractivity contribution in [2.45, 2.75) is 26.3 Å². The molecule has 0 spiro atoms. The second-order valence-corrected chi connectivity index (χ2v) is 8.03. The van der Waals surface area contributed by atoms with Gasteiger partial charge in [0, 0.05) is 30.9 Å². The summed E-state index contributed by atoms with van der Waals surface area (Å²) >= 11 is 1.61. The molecule has 2 fully saturated rings. The zero-order chi connectivity index (χ0) is 16.7. The zero-order valence-corrected chi connectivity index (χ0v) is 16.2. The molecule has 2 aromatic rings. The average molecular weight is 378 g/mol. The fourth-order valence-electron chi connectivity index (χ4n) is 4.24. The number of thiazole rings is 1. The lowest BCUT2D eigenvalue weighted by Gasteiger charge is -2.29. The SMILES string of the molecule is Cc1nc(CC(=O)N2C[C@@H]3CNC[C@@H]3[C@@H]2c2ccccc2C)cs1.Cl. The van der Waals surface area contributed by atoms with Crippen molar-refractivity contribution >= 4 is 29.7 Å². The van der Waals surface area contributed by atoms with Crippen LogP contribution in [0.2, 0.25) is 0 Å². The Labute approximate surface area is 159 Å². The molecule has 1 aromatic heterocycles. The van der Waals surface area contributed by atoms with Gasteiger partial charge < -0.3 is 10.2 Å². The summed E-state index contributed by atoms with van der Waals surface area (Å²) < 4.78 is 0. The van der Waals surface area contributed by atoms with Crippen LogP contribution in [0.4, 0.5) is 0 Å². The Kier molecular flexibility index (Phi) is 5.46. The number of hydrogen-bond acceptors (Lipinski definition) is 4. The minimum Gasteiger partial charge on any atom is -0.335 e. The second kappa shape index (κ2) is 7.44. The minimum absolute atomic E-state index is 0. The summed E-state index contributed by atoms with van der Waals surface area (Å²) in [5.74, 6) is 1.30. The summed E-state index contributed by atoms with van der Waals surface area (Å²) in [5.41, 5.74) is 3.48. The predicted octanol–water partition coefficient (Wildman–Crippen LogP) is 3.14. The first-order valence-electron chi connectivity index (χ1n) is 8.60. The lowest BCUT2D eigenvalue weighted by Crippen LogP contribution is -2.36. The number of likely N-dealkylation sites (tertiary alicyclic amines) is 1. The van der Waals surface area contributed by atoms with Gasteiger partial charge in [0.25, 0.3) is 0 Å². The van der Waals surface area contributed by atoms with E-state index in [4.69, 9.17) is 0 Å². The van der Waals surface area contributed by atoms with E-state index >= 15 is 0 Å². The Balaban J connectivity index is 0.00000182. The minimum atomic E-state index is 0. The fraction of sp³-hybridized carbons (Fsp3) is 0.474. The molecule has 0 saturated carbocycles. The highest BCUT2D eigenvalue weighted by atomic mass is 35.5. The molecule has 0 unspecified atom stereocenters. The number of nitrogens with zero attached hydrogens (tertiary/aromatic N) is 2. The Morgan fingerprint density at radius 3 is 2.84 bits per heavy atom. The Morgan fingerprint density at radius 1 is 1.32 bits per heavy atom. The number of amides is 1. The number of carbonyl (C=O) groups excluding carboxylic acids is 1. The highest BCUT2D eigenvalue weighted by Crippen LogP contribution is 2.43. The van der Waals surface area contributed by atoms with E-state index in [1.807, 2.05) is 12.3 Å². The van der Waals surface area contributed by atoms with Crippen LogP contribution in [-0.4, -0.2) is 35.4 Å². The van der Waals surface area contributed by atoms with Gasteiger partial charge in [-0.3, -0.25) is 4.79 Å². The molecule has 0 radical (unpaired) electrons. The van der Waals surface area contributed by atoms with Crippen LogP contribution in [0.1, 0.15) is 27.9 Å². The number of aromatic nitrogens is 1. The van der Waals surface area contributed by atoms with E-state index in [2.05, 4.69) is 46.4 Å². The van der Waals surface area contributed by atoms with Gasteiger partial charge in [-0.2, -0.15) is 0 Å². The van der Waals surface area contributed by atoms with E-state index < -0.39 is 0 Å². The van der Waals surface area contributed by atoms with Crippen LogP contribution in [0.5, 0.6) is 0 Å². The van der Waals surface area contributed by atoms with Crippen molar-refractivity contribution < 1.29 is 4.79 Å². The maximum absolute atomic E-state index is 13.0. The van der Waals surface area contributed by atoms with Gasteiger partial charge in [-0.25, -0.2) is 4.98 Å². The quantitative estimate of drug-likeness (QED) is 0.893. The van der Waals surface area contributed by atoms with E-state index in [0.29, 0.717) is 18.3 Å². The molecule has 0 bridgehead atoms. The smallest absolute Gasteiger partial charge is 0.229 e. The maximum atomic E-state index is 13.0. The van der Waals surface area contributed by atoms with E-state index in [-0.39, 0.29) is 24.4 Å². The van der Waals surface area contributed by atoms with Crippen LogP contribution < -0.4 is 5.32 Å². The number of nitrogens with one attached hydrogen (secondary N) is 1. The molecule has 2 saturated heterocycles. The number of benzene rings is 1. The third kappa shape index (κ3) is 3.46. The fourth-order valence-corrected chi connectivity index (χ4v) is 4.85. The number of halogens is 1. The second-order valence-electron chi connectivity index (χ2n) is 6.96. The number of hydrogen-bond donors (Lipinski definition) is 1. The summed E-state index contributed by atoms with van der Waals surface area (Å²) in [6, 6.07) is 8.69. The van der Waals surface area contributed by atoms with Crippen LogP contribution in [0.15, 0.2) is 29.6 Å². The number of rotatable bonds is 3. The van der Waals surface area contributed by atoms with Gasteiger partial charge in [-0.15, -0.1) is 23.7 Å². The third-order valence-electron chi connectivity index (χ3n) is 5.39. The molecule has 1 amide bonds. The van der Waals surface area contributed by atoms with Crippen molar-refractivity contribution in [1.82, 2.24) is 15.2 Å². The van der Waals surface area contributed by atoms with Gasteiger partial charge in [0.05, 0.1) is 23.2 Å². The molecule has 2 aliphatic heterocycles. The lowest BCUT2D eigenvalue weighted by molar-refractivity contribution is -0.132. The van der Waals surface area contributed by atoms with Crippen LogP contribution in [-0.2, 0) is 11.2 Å². The molecule has 4 nitrogen and oxygen atoms in total. The molecular weight excluding hydrogens is 354 g/mol. The molecule has 4 rings (SSSR count). The van der Waals surface area contributed by atoms with Crippen molar-refractivity contribution in [2.75, 3.05) is 19.6 Å². The molecule has 3 atom stereocenters. The Bertz CT molecular complexity index is 763. The Hall–Kier alpha value is -1.43.